The number of carbonyl (C=O) groups is 1. The monoisotopic (exact) mass is 411 g/mol. The summed E-state index contributed by atoms with van der Waals surface area (Å²) in [5.74, 6) is -0.427. The Morgan fingerprint density at radius 2 is 2.03 bits per heavy atom. The van der Waals surface area contributed by atoms with E-state index in [1.54, 1.807) is 38.1 Å². The van der Waals surface area contributed by atoms with E-state index < -0.39 is 5.97 Å². The van der Waals surface area contributed by atoms with Gasteiger partial charge < -0.3 is 9.84 Å². The van der Waals surface area contributed by atoms with Crippen LogP contribution in [0.15, 0.2) is 42.7 Å². The Labute approximate surface area is 168 Å². The second kappa shape index (κ2) is 7.40. The van der Waals surface area contributed by atoms with Gasteiger partial charge in [0.2, 0.25) is 0 Å². The Hall–Kier alpha value is -3.66. The van der Waals surface area contributed by atoms with Gasteiger partial charge in [-0.2, -0.15) is 4.68 Å². The SMILES string of the molecule is Cc1cc(Oc2ccc(-c3nc(C)c(C(=O)O)s3)cc2-n2cnnn2)ccc1F. The van der Waals surface area contributed by atoms with Gasteiger partial charge in [-0.1, -0.05) is 0 Å². The number of ether oxygens (including phenoxy) is 1. The molecule has 1 N–H and O–H groups in total. The van der Waals surface area contributed by atoms with Crippen LogP contribution in [0, 0.1) is 19.7 Å². The average Bonchev–Trinajstić information content (AvgIpc) is 3.35. The second-order valence-corrected chi connectivity index (χ2v) is 7.19. The second-order valence-electron chi connectivity index (χ2n) is 6.19. The zero-order chi connectivity index (χ0) is 20.5. The summed E-state index contributed by atoms with van der Waals surface area (Å²) in [4.78, 5) is 15.9. The zero-order valence-electron chi connectivity index (χ0n) is 15.3. The van der Waals surface area contributed by atoms with E-state index in [-0.39, 0.29) is 10.7 Å². The van der Waals surface area contributed by atoms with E-state index in [1.807, 2.05) is 0 Å². The summed E-state index contributed by atoms with van der Waals surface area (Å²) in [5.41, 5.74) is 2.13. The van der Waals surface area contributed by atoms with Gasteiger partial charge >= 0.3 is 5.97 Å². The number of carboxylic acid groups (broad SMARTS) is 1. The number of hydrogen-bond donors (Lipinski definition) is 1. The fourth-order valence-corrected chi connectivity index (χ4v) is 3.61. The maximum absolute atomic E-state index is 13.5. The third-order valence-corrected chi connectivity index (χ3v) is 5.34. The molecule has 2 aromatic carbocycles. The standard InChI is InChI=1S/C19H14FN5O3S/c1-10-7-13(4-5-14(10)20)28-16-6-3-12(8-15(16)25-9-21-23-24-25)18-22-11(2)17(29-18)19(26)27/h3-9H,1-2H3,(H,26,27). The van der Waals surface area contributed by atoms with E-state index in [0.717, 1.165) is 11.3 Å². The lowest BCUT2D eigenvalue weighted by Crippen LogP contribution is -2.00. The Morgan fingerprint density at radius 3 is 2.69 bits per heavy atom. The molecule has 2 heterocycles. The van der Waals surface area contributed by atoms with Gasteiger partial charge in [0, 0.05) is 5.56 Å². The molecule has 0 saturated heterocycles. The number of carboxylic acids is 1. The van der Waals surface area contributed by atoms with Crippen LogP contribution in [-0.2, 0) is 0 Å². The summed E-state index contributed by atoms with van der Waals surface area (Å²) in [5, 5.41) is 21.0. The molecule has 0 atom stereocenters. The number of benzene rings is 2. The molecule has 0 unspecified atom stereocenters. The van der Waals surface area contributed by atoms with E-state index in [2.05, 4.69) is 20.5 Å². The maximum Gasteiger partial charge on any atom is 0.347 e. The first-order valence-corrected chi connectivity index (χ1v) is 9.26. The van der Waals surface area contributed by atoms with Crippen molar-refractivity contribution in [3.05, 3.63) is 64.7 Å². The minimum Gasteiger partial charge on any atom is -0.477 e. The van der Waals surface area contributed by atoms with Crippen LogP contribution in [0.5, 0.6) is 11.5 Å². The Morgan fingerprint density at radius 1 is 1.21 bits per heavy atom. The number of tetrazole rings is 1. The molecule has 0 aliphatic rings. The number of aromatic nitrogens is 5. The Balaban J connectivity index is 1.77. The normalized spacial score (nSPS) is 10.9. The summed E-state index contributed by atoms with van der Waals surface area (Å²) in [7, 11) is 0. The van der Waals surface area contributed by atoms with Crippen LogP contribution in [0.4, 0.5) is 4.39 Å². The highest BCUT2D eigenvalue weighted by molar-refractivity contribution is 7.17. The number of aryl methyl sites for hydroxylation is 2. The lowest BCUT2D eigenvalue weighted by molar-refractivity contribution is 0.0701. The highest BCUT2D eigenvalue weighted by Crippen LogP contribution is 2.35. The molecule has 0 radical (unpaired) electrons. The first kappa shape index (κ1) is 18.7. The number of rotatable bonds is 5. The average molecular weight is 411 g/mol. The number of nitrogens with zero attached hydrogens (tertiary/aromatic N) is 5. The van der Waals surface area contributed by atoms with Gasteiger partial charge in [0.05, 0.1) is 5.69 Å². The molecule has 10 heteroatoms. The highest BCUT2D eigenvalue weighted by Gasteiger charge is 2.17. The molecule has 0 spiro atoms. The molecule has 0 aliphatic carbocycles. The predicted octanol–water partition coefficient (Wildman–Crippen LogP) is 4.03. The van der Waals surface area contributed by atoms with Crippen molar-refractivity contribution in [1.29, 1.82) is 0 Å². The van der Waals surface area contributed by atoms with Gasteiger partial charge in [-0.15, -0.1) is 16.4 Å². The van der Waals surface area contributed by atoms with E-state index in [9.17, 15) is 14.3 Å². The summed E-state index contributed by atoms with van der Waals surface area (Å²) in [6.45, 7) is 3.30. The predicted molar refractivity (Wildman–Crippen MR) is 103 cm³/mol. The van der Waals surface area contributed by atoms with Crippen LogP contribution < -0.4 is 4.74 Å². The number of thiazole rings is 1. The van der Waals surface area contributed by atoms with Crippen molar-refractivity contribution < 1.29 is 19.0 Å². The van der Waals surface area contributed by atoms with Gasteiger partial charge in [0.25, 0.3) is 0 Å². The molecule has 0 bridgehead atoms. The molecular weight excluding hydrogens is 397 g/mol. The molecule has 8 nitrogen and oxygen atoms in total. The van der Waals surface area contributed by atoms with Crippen LogP contribution in [0.2, 0.25) is 0 Å². The van der Waals surface area contributed by atoms with E-state index in [1.165, 1.54) is 23.1 Å². The molecule has 4 aromatic rings. The van der Waals surface area contributed by atoms with Crippen molar-refractivity contribution in [2.24, 2.45) is 0 Å². The summed E-state index contributed by atoms with van der Waals surface area (Å²) >= 11 is 1.09. The smallest absolute Gasteiger partial charge is 0.347 e. The lowest BCUT2D eigenvalue weighted by Gasteiger charge is -2.12. The van der Waals surface area contributed by atoms with Crippen molar-refractivity contribution in [3.63, 3.8) is 0 Å². The quantitative estimate of drug-likeness (QED) is 0.529. The van der Waals surface area contributed by atoms with Crippen LogP contribution >= 0.6 is 11.3 Å². The molecule has 146 valence electrons. The number of aromatic carboxylic acids is 1. The third-order valence-electron chi connectivity index (χ3n) is 4.15. The van der Waals surface area contributed by atoms with Gasteiger partial charge in [-0.05, 0) is 66.2 Å². The number of hydrogen-bond acceptors (Lipinski definition) is 7. The van der Waals surface area contributed by atoms with Crippen molar-refractivity contribution in [2.75, 3.05) is 0 Å². The molecule has 0 amide bonds. The maximum atomic E-state index is 13.5. The van der Waals surface area contributed by atoms with Crippen molar-refractivity contribution in [3.8, 4) is 27.8 Å². The van der Waals surface area contributed by atoms with Crippen LogP contribution in [-0.4, -0.2) is 36.3 Å². The summed E-state index contributed by atoms with van der Waals surface area (Å²) in [6.07, 6.45) is 1.41. The van der Waals surface area contributed by atoms with Crippen LogP contribution in [0.3, 0.4) is 0 Å². The molecule has 4 rings (SSSR count). The fraction of sp³-hybridized carbons (Fsp3) is 0.105. The highest BCUT2D eigenvalue weighted by atomic mass is 32.1. The minimum atomic E-state index is -1.02. The summed E-state index contributed by atoms with van der Waals surface area (Å²) in [6, 6.07) is 9.69. The number of halogens is 1. The topological polar surface area (TPSA) is 103 Å². The molecule has 0 saturated carbocycles. The summed E-state index contributed by atoms with van der Waals surface area (Å²) < 4.78 is 20.9. The van der Waals surface area contributed by atoms with E-state index in [0.29, 0.717) is 39.0 Å². The first-order valence-electron chi connectivity index (χ1n) is 8.45. The molecule has 0 aliphatic heterocycles. The van der Waals surface area contributed by atoms with E-state index in [4.69, 9.17) is 4.74 Å². The minimum absolute atomic E-state index is 0.186. The van der Waals surface area contributed by atoms with Crippen molar-refractivity contribution >= 4 is 17.3 Å². The molecule has 2 aromatic heterocycles. The molecular formula is C19H14FN5O3S. The van der Waals surface area contributed by atoms with Crippen molar-refractivity contribution in [2.45, 2.75) is 13.8 Å². The zero-order valence-corrected chi connectivity index (χ0v) is 16.1. The van der Waals surface area contributed by atoms with Crippen LogP contribution in [0.1, 0.15) is 20.9 Å². The van der Waals surface area contributed by atoms with Crippen molar-refractivity contribution in [1.82, 2.24) is 25.2 Å². The first-order chi connectivity index (χ1) is 13.9. The van der Waals surface area contributed by atoms with Gasteiger partial charge in [0.1, 0.15) is 33.5 Å². The van der Waals surface area contributed by atoms with Gasteiger partial charge in [-0.25, -0.2) is 14.2 Å². The van der Waals surface area contributed by atoms with Crippen LogP contribution in [0.25, 0.3) is 16.3 Å². The lowest BCUT2D eigenvalue weighted by atomic mass is 10.2. The van der Waals surface area contributed by atoms with Gasteiger partial charge in [0.15, 0.2) is 5.75 Å². The fourth-order valence-electron chi connectivity index (χ4n) is 2.71. The largest absolute Gasteiger partial charge is 0.477 e. The molecule has 0 fully saturated rings. The molecule has 29 heavy (non-hydrogen) atoms. The Kier molecular flexibility index (Phi) is 4.77. The van der Waals surface area contributed by atoms with E-state index >= 15 is 0 Å². The third kappa shape index (κ3) is 3.69. The Bertz CT molecular complexity index is 1210. The van der Waals surface area contributed by atoms with Gasteiger partial charge in [-0.3, -0.25) is 0 Å².